The van der Waals surface area contributed by atoms with Gasteiger partial charge in [0.05, 0.1) is 5.56 Å². The molecule has 2 aromatic carbocycles. The van der Waals surface area contributed by atoms with Crippen molar-refractivity contribution in [3.63, 3.8) is 0 Å². The van der Waals surface area contributed by atoms with E-state index < -0.39 is 5.97 Å². The molecule has 0 aliphatic carbocycles. The number of fused-ring (bicyclic) bond motifs is 1. The Balaban J connectivity index is 2.86. The van der Waals surface area contributed by atoms with Gasteiger partial charge in [0, 0.05) is 0 Å². The lowest BCUT2D eigenvalue weighted by Gasteiger charge is -2.04. The third-order valence-electron chi connectivity index (χ3n) is 2.15. The van der Waals surface area contributed by atoms with E-state index >= 15 is 0 Å². The number of carboxylic acids is 1. The van der Waals surface area contributed by atoms with E-state index in [2.05, 4.69) is 0 Å². The van der Waals surface area contributed by atoms with Crippen LogP contribution < -0.4 is 0 Å². The average molecular weight is 204 g/mol. The van der Waals surface area contributed by atoms with Crippen LogP contribution in [0.1, 0.15) is 10.4 Å². The fraction of sp³-hybridized carbons (Fsp3) is 0. The minimum absolute atomic E-state index is 0.0185. The molecule has 0 atom stereocenters. The third kappa shape index (κ3) is 1.57. The number of phenolic OH excluding ortho intramolecular Hbond substituents is 2. The Hall–Kier alpha value is -2.23. The second-order valence-corrected chi connectivity index (χ2v) is 3.20. The van der Waals surface area contributed by atoms with Crippen molar-refractivity contribution in [3.05, 3.63) is 35.9 Å². The van der Waals surface area contributed by atoms with Gasteiger partial charge in [-0.25, -0.2) is 4.79 Å². The quantitative estimate of drug-likeness (QED) is 0.663. The summed E-state index contributed by atoms with van der Waals surface area (Å²) in [6.45, 7) is 0. The van der Waals surface area contributed by atoms with E-state index in [9.17, 15) is 15.0 Å². The predicted molar refractivity (Wildman–Crippen MR) is 54.2 cm³/mol. The van der Waals surface area contributed by atoms with Crippen molar-refractivity contribution in [3.8, 4) is 11.5 Å². The van der Waals surface area contributed by atoms with Crippen molar-refractivity contribution in [1.29, 1.82) is 0 Å². The van der Waals surface area contributed by atoms with Crippen LogP contribution in [0.3, 0.4) is 0 Å². The molecule has 2 rings (SSSR count). The van der Waals surface area contributed by atoms with E-state index in [-0.39, 0.29) is 17.1 Å². The van der Waals surface area contributed by atoms with Gasteiger partial charge < -0.3 is 15.3 Å². The van der Waals surface area contributed by atoms with Gasteiger partial charge in [-0.05, 0) is 41.1 Å². The van der Waals surface area contributed by atoms with Crippen molar-refractivity contribution in [2.75, 3.05) is 0 Å². The SMILES string of the molecule is O=C(O)c1cc(O)cc2cc(O)ccc12. The first-order chi connectivity index (χ1) is 7.08. The predicted octanol–water partition coefficient (Wildman–Crippen LogP) is 1.95. The second kappa shape index (κ2) is 3.16. The molecule has 0 aromatic heterocycles. The summed E-state index contributed by atoms with van der Waals surface area (Å²) in [5.74, 6) is -1.21. The summed E-state index contributed by atoms with van der Waals surface area (Å²) in [6, 6.07) is 6.91. The molecule has 3 N–H and O–H groups in total. The fourth-order valence-corrected chi connectivity index (χ4v) is 1.52. The van der Waals surface area contributed by atoms with Crippen molar-refractivity contribution in [2.24, 2.45) is 0 Å². The Kier molecular flexibility index (Phi) is 1.97. The lowest BCUT2D eigenvalue weighted by atomic mass is 10.0. The highest BCUT2D eigenvalue weighted by Gasteiger charge is 2.10. The highest BCUT2D eigenvalue weighted by atomic mass is 16.4. The first-order valence-electron chi connectivity index (χ1n) is 4.27. The molecule has 0 amide bonds. The van der Waals surface area contributed by atoms with Crippen LogP contribution in [0.2, 0.25) is 0 Å². The normalized spacial score (nSPS) is 10.4. The molecule has 4 nitrogen and oxygen atoms in total. The van der Waals surface area contributed by atoms with Gasteiger partial charge in [0.15, 0.2) is 0 Å². The topological polar surface area (TPSA) is 77.8 Å². The van der Waals surface area contributed by atoms with E-state index in [4.69, 9.17) is 5.11 Å². The van der Waals surface area contributed by atoms with Gasteiger partial charge in [-0.2, -0.15) is 0 Å². The number of phenols is 2. The van der Waals surface area contributed by atoms with E-state index in [1.54, 1.807) is 0 Å². The van der Waals surface area contributed by atoms with Gasteiger partial charge in [0.25, 0.3) is 0 Å². The zero-order chi connectivity index (χ0) is 11.0. The summed E-state index contributed by atoms with van der Waals surface area (Å²) in [5, 5.41) is 28.4. The molecule has 0 spiro atoms. The molecule has 0 heterocycles. The molecular formula is C11H8O4. The molecule has 76 valence electrons. The molecule has 0 aliphatic rings. The summed E-state index contributed by atoms with van der Waals surface area (Å²) in [6.07, 6.45) is 0. The lowest BCUT2D eigenvalue weighted by Crippen LogP contribution is -1.97. The van der Waals surface area contributed by atoms with E-state index in [0.29, 0.717) is 10.8 Å². The third-order valence-corrected chi connectivity index (χ3v) is 2.15. The van der Waals surface area contributed by atoms with Crippen molar-refractivity contribution in [2.45, 2.75) is 0 Å². The van der Waals surface area contributed by atoms with Crippen LogP contribution in [0.4, 0.5) is 0 Å². The first kappa shape index (κ1) is 9.33. The standard InChI is InChI=1S/C11H8O4/c12-7-1-2-9-6(3-7)4-8(13)5-10(9)11(14)15/h1-5,12-13H,(H,14,15). The smallest absolute Gasteiger partial charge is 0.336 e. The van der Waals surface area contributed by atoms with Crippen LogP contribution in [0, 0.1) is 0 Å². The number of aromatic carboxylic acids is 1. The summed E-state index contributed by atoms with van der Waals surface area (Å²) in [7, 11) is 0. The zero-order valence-electron chi connectivity index (χ0n) is 7.64. The second-order valence-electron chi connectivity index (χ2n) is 3.20. The number of carbonyl (C=O) groups is 1. The fourth-order valence-electron chi connectivity index (χ4n) is 1.52. The number of aromatic hydroxyl groups is 2. The van der Waals surface area contributed by atoms with Crippen LogP contribution in [0.5, 0.6) is 11.5 Å². The monoisotopic (exact) mass is 204 g/mol. The highest BCUT2D eigenvalue weighted by Crippen LogP contribution is 2.27. The number of hydrogen-bond acceptors (Lipinski definition) is 3. The van der Waals surface area contributed by atoms with Crippen LogP contribution >= 0.6 is 0 Å². The van der Waals surface area contributed by atoms with Crippen LogP contribution in [-0.2, 0) is 0 Å². The molecule has 2 aromatic rings. The molecule has 0 saturated carbocycles. The largest absolute Gasteiger partial charge is 0.508 e. The van der Waals surface area contributed by atoms with Gasteiger partial charge in [-0.15, -0.1) is 0 Å². The maximum absolute atomic E-state index is 10.9. The molecule has 0 unspecified atom stereocenters. The van der Waals surface area contributed by atoms with Gasteiger partial charge in [0.1, 0.15) is 11.5 Å². The molecule has 0 aliphatic heterocycles. The minimum atomic E-state index is -1.11. The van der Waals surface area contributed by atoms with Crippen LogP contribution in [-0.4, -0.2) is 21.3 Å². The summed E-state index contributed by atoms with van der Waals surface area (Å²) in [4.78, 5) is 10.9. The Bertz CT molecular complexity index is 540. The number of carboxylic acid groups (broad SMARTS) is 1. The Labute approximate surface area is 85.0 Å². The van der Waals surface area contributed by atoms with Crippen molar-refractivity contribution < 1.29 is 20.1 Å². The Morgan fingerprint density at radius 3 is 2.33 bits per heavy atom. The first-order valence-corrected chi connectivity index (χ1v) is 4.27. The van der Waals surface area contributed by atoms with Gasteiger partial charge in [-0.3, -0.25) is 0 Å². The van der Waals surface area contributed by atoms with Crippen LogP contribution in [0.25, 0.3) is 10.8 Å². The minimum Gasteiger partial charge on any atom is -0.508 e. The number of benzene rings is 2. The van der Waals surface area contributed by atoms with Crippen LogP contribution in [0.15, 0.2) is 30.3 Å². The number of rotatable bonds is 1. The molecule has 15 heavy (non-hydrogen) atoms. The molecule has 0 fully saturated rings. The van der Waals surface area contributed by atoms with E-state index in [0.717, 1.165) is 0 Å². The van der Waals surface area contributed by atoms with E-state index in [1.165, 1.54) is 30.3 Å². The van der Waals surface area contributed by atoms with Gasteiger partial charge >= 0.3 is 5.97 Å². The van der Waals surface area contributed by atoms with Gasteiger partial charge in [-0.1, -0.05) is 0 Å². The number of hydrogen-bond donors (Lipinski definition) is 3. The molecule has 0 saturated heterocycles. The van der Waals surface area contributed by atoms with Gasteiger partial charge in [0.2, 0.25) is 0 Å². The molecule has 4 heteroatoms. The molecule has 0 radical (unpaired) electrons. The van der Waals surface area contributed by atoms with Crippen molar-refractivity contribution >= 4 is 16.7 Å². The maximum atomic E-state index is 10.9. The maximum Gasteiger partial charge on any atom is 0.336 e. The van der Waals surface area contributed by atoms with E-state index in [1.807, 2.05) is 0 Å². The van der Waals surface area contributed by atoms with Crippen molar-refractivity contribution in [1.82, 2.24) is 0 Å². The molecule has 0 bridgehead atoms. The Morgan fingerprint density at radius 2 is 1.67 bits per heavy atom. The Morgan fingerprint density at radius 1 is 1.00 bits per heavy atom. The zero-order valence-corrected chi connectivity index (χ0v) is 7.64. The highest BCUT2D eigenvalue weighted by molar-refractivity contribution is 6.04. The lowest BCUT2D eigenvalue weighted by molar-refractivity contribution is 0.0698. The summed E-state index contributed by atoms with van der Waals surface area (Å²) < 4.78 is 0. The average Bonchev–Trinajstić information content (AvgIpc) is 2.15. The summed E-state index contributed by atoms with van der Waals surface area (Å²) in [5.41, 5.74) is 0.0185. The molecular weight excluding hydrogens is 196 g/mol. The summed E-state index contributed by atoms with van der Waals surface area (Å²) >= 11 is 0.